The van der Waals surface area contributed by atoms with Crippen molar-refractivity contribution in [1.29, 1.82) is 0 Å². The molecule has 0 aromatic heterocycles. The number of carbonyl (C=O) groups is 1. The number of nitrogens with zero attached hydrogens (tertiary/aromatic N) is 3. The Bertz CT molecular complexity index is 660. The molecule has 1 aromatic rings. The van der Waals surface area contributed by atoms with Crippen LogP contribution in [0.2, 0.25) is 0 Å². The summed E-state index contributed by atoms with van der Waals surface area (Å²) in [4.78, 5) is 19.9. The van der Waals surface area contributed by atoms with Gasteiger partial charge in [-0.2, -0.15) is 0 Å². The first-order chi connectivity index (χ1) is 13.0. The predicted octanol–water partition coefficient (Wildman–Crippen LogP) is 2.35. The van der Waals surface area contributed by atoms with Gasteiger partial charge in [0.05, 0.1) is 5.69 Å². The first kappa shape index (κ1) is 21.0. The lowest BCUT2D eigenvalue weighted by atomic mass is 10.1. The second kappa shape index (κ2) is 10.1. The van der Waals surface area contributed by atoms with Crippen molar-refractivity contribution in [2.24, 2.45) is 4.99 Å². The van der Waals surface area contributed by atoms with Gasteiger partial charge < -0.3 is 20.4 Å². The molecule has 0 aliphatic carbocycles. The van der Waals surface area contributed by atoms with Crippen LogP contribution in [0.15, 0.2) is 23.2 Å². The maximum Gasteiger partial charge on any atom is 0.222 e. The molecule has 0 bridgehead atoms. The van der Waals surface area contributed by atoms with Gasteiger partial charge in [-0.15, -0.1) is 0 Å². The molecule has 0 spiro atoms. The molecule has 1 amide bonds. The summed E-state index contributed by atoms with van der Waals surface area (Å²) in [5, 5.41) is 6.58. The molecule has 2 rings (SSSR count). The first-order valence-electron chi connectivity index (χ1n) is 9.80. The Morgan fingerprint density at radius 2 is 2.07 bits per heavy atom. The highest BCUT2D eigenvalue weighted by atomic mass is 19.1. The molecular formula is C20H32FN5O. The molecule has 1 atom stereocenters. The number of halogens is 1. The number of rotatable bonds is 7. The maximum absolute atomic E-state index is 14.4. The van der Waals surface area contributed by atoms with Gasteiger partial charge in [-0.3, -0.25) is 9.79 Å². The van der Waals surface area contributed by atoms with E-state index >= 15 is 0 Å². The van der Waals surface area contributed by atoms with Crippen molar-refractivity contribution in [3.05, 3.63) is 29.6 Å². The van der Waals surface area contributed by atoms with Crippen LogP contribution in [0, 0.1) is 5.82 Å². The summed E-state index contributed by atoms with van der Waals surface area (Å²) in [6.07, 6.45) is 1.44. The lowest BCUT2D eigenvalue weighted by Crippen LogP contribution is -2.44. The van der Waals surface area contributed by atoms with E-state index in [4.69, 9.17) is 0 Å². The van der Waals surface area contributed by atoms with Crippen molar-refractivity contribution in [3.63, 3.8) is 0 Å². The van der Waals surface area contributed by atoms with Gasteiger partial charge in [0, 0.05) is 52.2 Å². The van der Waals surface area contributed by atoms with Gasteiger partial charge in [0.2, 0.25) is 5.91 Å². The lowest BCUT2D eigenvalue weighted by Gasteiger charge is -2.22. The van der Waals surface area contributed by atoms with Crippen LogP contribution in [-0.4, -0.2) is 56.0 Å². The Morgan fingerprint density at radius 1 is 1.33 bits per heavy atom. The number of amides is 1. The predicted molar refractivity (Wildman–Crippen MR) is 109 cm³/mol. The average molecular weight is 378 g/mol. The molecule has 0 radical (unpaired) electrons. The van der Waals surface area contributed by atoms with Crippen LogP contribution in [0.1, 0.15) is 39.2 Å². The molecule has 0 saturated carbocycles. The smallest absolute Gasteiger partial charge is 0.222 e. The number of carbonyl (C=O) groups excluding carboxylic acids is 1. The summed E-state index contributed by atoms with van der Waals surface area (Å²) in [6.45, 7) is 9.44. The Labute approximate surface area is 161 Å². The van der Waals surface area contributed by atoms with Crippen molar-refractivity contribution < 1.29 is 9.18 Å². The quantitative estimate of drug-likeness (QED) is 0.566. The zero-order valence-electron chi connectivity index (χ0n) is 16.9. The second-order valence-corrected chi connectivity index (χ2v) is 6.71. The van der Waals surface area contributed by atoms with Gasteiger partial charge in [0.15, 0.2) is 5.96 Å². The van der Waals surface area contributed by atoms with Crippen LogP contribution in [0.25, 0.3) is 0 Å². The number of benzene rings is 1. The first-order valence-corrected chi connectivity index (χ1v) is 9.80. The molecule has 27 heavy (non-hydrogen) atoms. The van der Waals surface area contributed by atoms with Crippen molar-refractivity contribution >= 4 is 17.6 Å². The van der Waals surface area contributed by atoms with E-state index < -0.39 is 0 Å². The number of aliphatic imine (C=N–C) groups is 1. The highest BCUT2D eigenvalue weighted by Gasteiger charge is 2.25. The Hall–Kier alpha value is -2.31. The molecule has 7 heteroatoms. The van der Waals surface area contributed by atoms with Gasteiger partial charge in [-0.25, -0.2) is 4.39 Å². The van der Waals surface area contributed by atoms with Crippen LogP contribution < -0.4 is 15.5 Å². The fraction of sp³-hybridized carbons (Fsp3) is 0.600. The van der Waals surface area contributed by atoms with Crippen molar-refractivity contribution in [2.75, 3.05) is 38.1 Å². The number of likely N-dealkylation sites (tertiary alicyclic amines) is 1. The van der Waals surface area contributed by atoms with E-state index in [1.807, 2.05) is 42.7 Å². The number of hydrogen-bond acceptors (Lipinski definition) is 3. The third-order valence-corrected chi connectivity index (χ3v) is 4.98. The van der Waals surface area contributed by atoms with E-state index in [2.05, 4.69) is 15.6 Å². The van der Waals surface area contributed by atoms with Crippen molar-refractivity contribution in [1.82, 2.24) is 15.5 Å². The molecule has 1 heterocycles. The number of nitrogens with one attached hydrogen (secondary N) is 2. The zero-order chi connectivity index (χ0) is 19.8. The second-order valence-electron chi connectivity index (χ2n) is 6.71. The molecule has 1 fully saturated rings. The molecule has 2 N–H and O–H groups in total. The van der Waals surface area contributed by atoms with E-state index in [-0.39, 0.29) is 17.8 Å². The van der Waals surface area contributed by atoms with E-state index in [1.165, 1.54) is 0 Å². The molecule has 6 nitrogen and oxygen atoms in total. The highest BCUT2D eigenvalue weighted by Crippen LogP contribution is 2.20. The lowest BCUT2D eigenvalue weighted by molar-refractivity contribution is -0.129. The van der Waals surface area contributed by atoms with Gasteiger partial charge >= 0.3 is 0 Å². The standard InChI is InChI=1S/C20H32FN5O/c1-5-19(27)26-11-10-16(14-26)24-20(22-4)23-13-15-8-9-18(17(21)12-15)25(6-2)7-3/h8-9,12,16H,5-7,10-11,13-14H2,1-4H3,(H2,22,23,24). The molecule has 1 unspecified atom stereocenters. The minimum atomic E-state index is -0.203. The normalized spacial score (nSPS) is 17.1. The summed E-state index contributed by atoms with van der Waals surface area (Å²) in [7, 11) is 1.71. The molecule has 1 aromatic carbocycles. The van der Waals surface area contributed by atoms with Crippen LogP contribution in [0.4, 0.5) is 10.1 Å². The molecule has 1 saturated heterocycles. The number of guanidine groups is 1. The summed E-state index contributed by atoms with van der Waals surface area (Å²) >= 11 is 0. The topological polar surface area (TPSA) is 60.0 Å². The van der Waals surface area contributed by atoms with Crippen LogP contribution in [-0.2, 0) is 11.3 Å². The Balaban J connectivity index is 1.89. The minimum absolute atomic E-state index is 0.186. The number of hydrogen-bond donors (Lipinski definition) is 2. The summed E-state index contributed by atoms with van der Waals surface area (Å²) in [5.41, 5.74) is 1.50. The highest BCUT2D eigenvalue weighted by molar-refractivity contribution is 5.80. The van der Waals surface area contributed by atoms with E-state index in [0.29, 0.717) is 31.2 Å². The van der Waals surface area contributed by atoms with Crippen LogP contribution >= 0.6 is 0 Å². The maximum atomic E-state index is 14.4. The molecular weight excluding hydrogens is 345 g/mol. The fourth-order valence-corrected chi connectivity index (χ4v) is 3.38. The SMILES string of the molecule is CCC(=O)N1CCC(NC(=NC)NCc2ccc(N(CC)CC)c(F)c2)C1. The average Bonchev–Trinajstić information content (AvgIpc) is 3.15. The largest absolute Gasteiger partial charge is 0.370 e. The Kier molecular flexibility index (Phi) is 7.88. The van der Waals surface area contributed by atoms with Crippen molar-refractivity contribution in [2.45, 2.75) is 46.2 Å². The summed E-state index contributed by atoms with van der Waals surface area (Å²) in [5.74, 6) is 0.649. The third-order valence-electron chi connectivity index (χ3n) is 4.98. The van der Waals surface area contributed by atoms with Crippen LogP contribution in [0.5, 0.6) is 0 Å². The molecule has 1 aliphatic heterocycles. The molecule has 150 valence electrons. The van der Waals surface area contributed by atoms with Gasteiger partial charge in [-0.05, 0) is 38.0 Å². The summed E-state index contributed by atoms with van der Waals surface area (Å²) in [6, 6.07) is 5.54. The van der Waals surface area contributed by atoms with Crippen molar-refractivity contribution in [3.8, 4) is 0 Å². The third kappa shape index (κ3) is 5.58. The monoisotopic (exact) mass is 377 g/mol. The van der Waals surface area contributed by atoms with Gasteiger partial charge in [0.25, 0.3) is 0 Å². The fourth-order valence-electron chi connectivity index (χ4n) is 3.38. The van der Waals surface area contributed by atoms with Gasteiger partial charge in [-0.1, -0.05) is 13.0 Å². The summed E-state index contributed by atoms with van der Waals surface area (Å²) < 4.78 is 14.4. The minimum Gasteiger partial charge on any atom is -0.370 e. The van der Waals surface area contributed by atoms with Gasteiger partial charge in [0.1, 0.15) is 5.82 Å². The molecule has 1 aliphatic rings. The van der Waals surface area contributed by atoms with E-state index in [9.17, 15) is 9.18 Å². The van der Waals surface area contributed by atoms with E-state index in [0.717, 1.165) is 31.6 Å². The Morgan fingerprint density at radius 3 is 2.67 bits per heavy atom. The number of anilines is 1. The van der Waals surface area contributed by atoms with Crippen LogP contribution in [0.3, 0.4) is 0 Å². The zero-order valence-corrected chi connectivity index (χ0v) is 16.9. The van der Waals surface area contributed by atoms with E-state index in [1.54, 1.807) is 13.1 Å².